The topological polar surface area (TPSA) is 204 Å². The molecule has 1 aromatic heterocycles. The van der Waals surface area contributed by atoms with Crippen LogP contribution in [0.1, 0.15) is 58.9 Å². The van der Waals surface area contributed by atoms with E-state index >= 15 is 0 Å². The molecule has 6 rings (SSSR count). The summed E-state index contributed by atoms with van der Waals surface area (Å²) in [5.41, 5.74) is -1.95. The molecule has 0 spiro atoms. The largest absolute Gasteiger partial charge is 0.497 e. The highest BCUT2D eigenvalue weighted by molar-refractivity contribution is 7.90. The van der Waals surface area contributed by atoms with Crippen molar-refractivity contribution in [2.45, 2.75) is 87.5 Å². The van der Waals surface area contributed by atoms with Gasteiger partial charge in [0.05, 0.1) is 13.2 Å². The molecule has 4 amide bonds. The zero-order valence-corrected chi connectivity index (χ0v) is 31.1. The summed E-state index contributed by atoms with van der Waals surface area (Å²) in [7, 11) is -3.13. The van der Waals surface area contributed by atoms with Crippen LogP contribution in [0.4, 0.5) is 9.18 Å². The van der Waals surface area contributed by atoms with Crippen molar-refractivity contribution < 1.29 is 41.5 Å². The van der Waals surface area contributed by atoms with Gasteiger partial charge in [-0.25, -0.2) is 22.3 Å². The highest BCUT2D eigenvalue weighted by atomic mass is 32.2. The first-order valence-corrected chi connectivity index (χ1v) is 19.0. The van der Waals surface area contributed by atoms with Gasteiger partial charge in [0.1, 0.15) is 40.2 Å². The fraction of sp³-hybridized carbons (Fsp3) is 0.472. The molecule has 3 aliphatic rings. The van der Waals surface area contributed by atoms with Crippen molar-refractivity contribution in [1.82, 2.24) is 40.5 Å². The Kier molecular flexibility index (Phi) is 10.5. The number of hydrogen-bond donors (Lipinski definition) is 3. The minimum atomic E-state index is -4.67. The van der Waals surface area contributed by atoms with Crippen molar-refractivity contribution in [2.75, 3.05) is 13.7 Å². The molecule has 18 heteroatoms. The van der Waals surface area contributed by atoms with Crippen molar-refractivity contribution in [2.24, 2.45) is 11.3 Å². The molecule has 0 bridgehead atoms. The minimum absolute atomic E-state index is 0.00000794. The molecule has 3 fully saturated rings. The number of halogens is 1. The average Bonchev–Trinajstić information content (AvgIpc) is 3.40. The summed E-state index contributed by atoms with van der Waals surface area (Å²) in [4.78, 5) is 57.2. The molecule has 1 aliphatic heterocycles. The Balaban J connectivity index is 1.28. The lowest BCUT2D eigenvalue weighted by atomic mass is 9.85. The number of rotatable bonds is 12. The number of sulfonamides is 1. The number of methoxy groups -OCH3 is 1. The van der Waals surface area contributed by atoms with Crippen LogP contribution in [0.2, 0.25) is 0 Å². The SMILES string of the molecule is C=C[C@@H]1C[C@]1(NC(=O)[C@@H]1C[C@@H](n2nnc(-c3ccc(OC)cc3)n2)CN1C(=O)[C@@H](NC(=O)OC1CCC1)C(C)(C)C)C(=O)NS(=O)(=O)c1ccccc1F. The fourth-order valence-electron chi connectivity index (χ4n) is 6.58. The quantitative estimate of drug-likeness (QED) is 0.229. The van der Waals surface area contributed by atoms with Crippen LogP contribution in [0.25, 0.3) is 11.4 Å². The lowest BCUT2D eigenvalue weighted by molar-refractivity contribution is -0.142. The molecule has 2 aromatic carbocycles. The maximum atomic E-state index is 14.5. The molecular formula is C36H43FN8O8S. The van der Waals surface area contributed by atoms with Crippen LogP contribution < -0.4 is 20.1 Å². The highest BCUT2D eigenvalue weighted by Crippen LogP contribution is 2.45. The molecule has 3 aromatic rings. The monoisotopic (exact) mass is 766 g/mol. The third kappa shape index (κ3) is 7.78. The summed E-state index contributed by atoms with van der Waals surface area (Å²) >= 11 is 0. The predicted molar refractivity (Wildman–Crippen MR) is 190 cm³/mol. The van der Waals surface area contributed by atoms with Crippen LogP contribution in [-0.2, 0) is 29.1 Å². The van der Waals surface area contributed by atoms with Gasteiger partial charge in [-0.1, -0.05) is 39.0 Å². The van der Waals surface area contributed by atoms with Gasteiger partial charge in [0.25, 0.3) is 15.9 Å². The number of benzene rings is 2. The Morgan fingerprint density at radius 1 is 1.09 bits per heavy atom. The van der Waals surface area contributed by atoms with E-state index < -0.39 is 79.5 Å². The Hall–Kier alpha value is -5.39. The third-order valence-electron chi connectivity index (χ3n) is 10.1. The van der Waals surface area contributed by atoms with Crippen LogP contribution in [0.3, 0.4) is 0 Å². The van der Waals surface area contributed by atoms with E-state index in [9.17, 15) is 32.0 Å². The van der Waals surface area contributed by atoms with Crippen molar-refractivity contribution in [1.29, 1.82) is 0 Å². The van der Waals surface area contributed by atoms with Gasteiger partial charge in [0.15, 0.2) is 0 Å². The first-order valence-electron chi connectivity index (χ1n) is 17.5. The summed E-state index contributed by atoms with van der Waals surface area (Å²) in [6.07, 6.45) is 2.77. The molecule has 5 atom stereocenters. The van der Waals surface area contributed by atoms with Gasteiger partial charge in [-0.15, -0.1) is 16.8 Å². The molecule has 0 unspecified atom stereocenters. The van der Waals surface area contributed by atoms with E-state index in [1.165, 1.54) is 27.9 Å². The number of carbonyl (C=O) groups is 4. The number of amides is 4. The number of tetrazole rings is 1. The summed E-state index contributed by atoms with van der Waals surface area (Å²) < 4.78 is 53.2. The molecule has 2 heterocycles. The van der Waals surface area contributed by atoms with Crippen LogP contribution >= 0.6 is 0 Å². The Morgan fingerprint density at radius 3 is 2.39 bits per heavy atom. The molecule has 2 aliphatic carbocycles. The van der Waals surface area contributed by atoms with Crippen molar-refractivity contribution in [3.8, 4) is 17.1 Å². The molecule has 2 saturated carbocycles. The summed E-state index contributed by atoms with van der Waals surface area (Å²) in [5.74, 6) is -3.27. The smallest absolute Gasteiger partial charge is 0.408 e. The lowest BCUT2D eigenvalue weighted by Gasteiger charge is -2.36. The predicted octanol–water partition coefficient (Wildman–Crippen LogP) is 2.89. The lowest BCUT2D eigenvalue weighted by Crippen LogP contribution is -2.60. The molecule has 54 heavy (non-hydrogen) atoms. The van der Waals surface area contributed by atoms with Gasteiger partial charge in [-0.2, -0.15) is 4.80 Å². The number of aromatic nitrogens is 4. The zero-order valence-electron chi connectivity index (χ0n) is 30.3. The number of alkyl carbamates (subject to hydrolysis) is 1. The molecule has 1 saturated heterocycles. The van der Waals surface area contributed by atoms with Gasteiger partial charge in [0, 0.05) is 24.4 Å². The van der Waals surface area contributed by atoms with E-state index in [1.54, 1.807) is 52.1 Å². The third-order valence-corrected chi connectivity index (χ3v) is 11.4. The number of nitrogens with one attached hydrogen (secondary N) is 3. The van der Waals surface area contributed by atoms with Gasteiger partial charge in [-0.05, 0) is 72.7 Å². The second-order valence-corrected chi connectivity index (χ2v) is 16.5. The second-order valence-electron chi connectivity index (χ2n) is 14.8. The Bertz CT molecular complexity index is 2050. The standard InChI is InChI=1S/C36H43FN8O8S/c1-6-22-19-36(22,33(48)42-54(50,51)28-13-8-7-12-26(28)37)39-31(46)27-18-23(45-41-30(40-43-45)21-14-16-24(52-5)17-15-21)20-44(27)32(47)29(35(2,3)4)38-34(49)53-25-10-9-11-25/h6-8,12-17,22-23,25,27,29H,1,9-11,18-20H2,2-5H3,(H,38,49)(H,39,46)(H,42,48)/t22-,23-,27+,29-,36-/m1/s1. The van der Waals surface area contributed by atoms with Crippen molar-refractivity contribution in [3.63, 3.8) is 0 Å². The maximum Gasteiger partial charge on any atom is 0.408 e. The van der Waals surface area contributed by atoms with E-state index in [4.69, 9.17) is 9.47 Å². The second kappa shape index (κ2) is 14.8. The maximum absolute atomic E-state index is 14.5. The van der Waals surface area contributed by atoms with E-state index in [2.05, 4.69) is 32.6 Å². The van der Waals surface area contributed by atoms with Gasteiger partial charge < -0.3 is 25.0 Å². The number of hydrogen-bond acceptors (Lipinski definition) is 11. The van der Waals surface area contributed by atoms with E-state index in [1.807, 2.05) is 4.72 Å². The van der Waals surface area contributed by atoms with Crippen LogP contribution in [0.15, 0.2) is 66.1 Å². The molecular weight excluding hydrogens is 724 g/mol. The minimum Gasteiger partial charge on any atom is -0.497 e. The van der Waals surface area contributed by atoms with Crippen molar-refractivity contribution >= 4 is 33.8 Å². The molecule has 288 valence electrons. The van der Waals surface area contributed by atoms with Gasteiger partial charge in [-0.3, -0.25) is 14.4 Å². The first kappa shape index (κ1) is 38.3. The van der Waals surface area contributed by atoms with Crippen LogP contribution in [0.5, 0.6) is 5.75 Å². The summed E-state index contributed by atoms with van der Waals surface area (Å²) in [5, 5.41) is 18.3. The van der Waals surface area contributed by atoms with Crippen LogP contribution in [-0.4, -0.2) is 94.7 Å². The van der Waals surface area contributed by atoms with Crippen LogP contribution in [0, 0.1) is 17.2 Å². The molecule has 3 N–H and O–H groups in total. The van der Waals surface area contributed by atoms with Gasteiger partial charge >= 0.3 is 6.09 Å². The van der Waals surface area contributed by atoms with E-state index in [0.717, 1.165) is 31.4 Å². The molecule has 0 radical (unpaired) electrons. The average molecular weight is 767 g/mol. The van der Waals surface area contributed by atoms with Gasteiger partial charge in [0.2, 0.25) is 17.6 Å². The fourth-order valence-corrected chi connectivity index (χ4v) is 7.70. The number of likely N-dealkylation sites (tertiary alicyclic amines) is 1. The number of ether oxygens (including phenoxy) is 2. The van der Waals surface area contributed by atoms with E-state index in [0.29, 0.717) is 11.3 Å². The summed E-state index contributed by atoms with van der Waals surface area (Å²) in [6, 6.07) is 8.52. The highest BCUT2D eigenvalue weighted by Gasteiger charge is 2.61. The number of nitrogens with zero attached hydrogens (tertiary/aromatic N) is 5. The number of carbonyl (C=O) groups excluding carboxylic acids is 4. The van der Waals surface area contributed by atoms with E-state index in [-0.39, 0.29) is 31.3 Å². The zero-order chi connectivity index (χ0) is 39.0. The first-order chi connectivity index (χ1) is 25.6. The van der Waals surface area contributed by atoms with Crippen molar-refractivity contribution in [3.05, 3.63) is 67.0 Å². The normalized spacial score (nSPS) is 23.1. The summed E-state index contributed by atoms with van der Waals surface area (Å²) in [6.45, 7) is 8.93. The Labute approximate surface area is 311 Å². The molecule has 16 nitrogen and oxygen atoms in total. The Morgan fingerprint density at radius 2 is 1.80 bits per heavy atom.